The first-order valence-electron chi connectivity index (χ1n) is 9.84. The molecule has 4 rings (SSSR count). The van der Waals surface area contributed by atoms with Crippen molar-refractivity contribution in [2.45, 2.75) is 0 Å². The second-order valence-corrected chi connectivity index (χ2v) is 7.13. The molecule has 0 spiro atoms. The molecule has 0 bridgehead atoms. The molecule has 0 atom stereocenters. The minimum Gasteiger partial charge on any atom is -0.618 e. The predicted molar refractivity (Wildman–Crippen MR) is 118 cm³/mol. The predicted octanol–water partition coefficient (Wildman–Crippen LogP) is 3.05. The van der Waals surface area contributed by atoms with Gasteiger partial charge < -0.3 is 20.3 Å². The summed E-state index contributed by atoms with van der Waals surface area (Å²) < 4.78 is 0.792. The van der Waals surface area contributed by atoms with Gasteiger partial charge in [-0.3, -0.25) is 10.1 Å². The van der Waals surface area contributed by atoms with Crippen molar-refractivity contribution in [2.75, 3.05) is 31.2 Å². The molecule has 158 valence electrons. The van der Waals surface area contributed by atoms with Crippen LogP contribution in [0.4, 0.5) is 17.1 Å². The molecule has 8 heteroatoms. The first-order valence-corrected chi connectivity index (χ1v) is 9.84. The third kappa shape index (κ3) is 3.74. The van der Waals surface area contributed by atoms with Gasteiger partial charge in [0, 0.05) is 43.0 Å². The third-order valence-corrected chi connectivity index (χ3v) is 5.33. The normalized spacial score (nSPS) is 13.5. The van der Waals surface area contributed by atoms with Gasteiger partial charge in [0.05, 0.1) is 29.3 Å². The number of non-ortho nitro benzene ring substituents is 1. The highest BCUT2D eigenvalue weighted by atomic mass is 16.6. The zero-order valence-corrected chi connectivity index (χ0v) is 16.6. The van der Waals surface area contributed by atoms with Crippen LogP contribution in [0.5, 0.6) is 0 Å². The van der Waals surface area contributed by atoms with Crippen molar-refractivity contribution in [1.29, 1.82) is 0 Å². The molecule has 0 saturated heterocycles. The molecular weight excluding hydrogens is 398 g/mol. The molecule has 31 heavy (non-hydrogen) atoms. The Labute approximate surface area is 178 Å². The standard InChI is InChI=1S/C23H21N3O5/c27-13-11-24(12-14-28)16-5-7-17(8-6-16)25(29)23-21-4-2-1-3-19(21)20-10-9-18(26(30)31)15-22(20)23/h1-10,15,27-28H,11-14H2/b25-23+. The first-order chi connectivity index (χ1) is 15.0. The van der Waals surface area contributed by atoms with Gasteiger partial charge in [0.15, 0.2) is 0 Å². The van der Waals surface area contributed by atoms with Crippen molar-refractivity contribution < 1.29 is 19.9 Å². The lowest BCUT2D eigenvalue weighted by Gasteiger charge is -2.22. The van der Waals surface area contributed by atoms with Crippen LogP contribution in [0.2, 0.25) is 0 Å². The summed E-state index contributed by atoms with van der Waals surface area (Å²) in [5.74, 6) is 0. The van der Waals surface area contributed by atoms with Crippen LogP contribution < -0.4 is 4.90 Å². The Bertz CT molecular complexity index is 1150. The molecule has 0 aromatic heterocycles. The van der Waals surface area contributed by atoms with Gasteiger partial charge in [-0.05, 0) is 35.4 Å². The largest absolute Gasteiger partial charge is 0.618 e. The molecule has 0 fully saturated rings. The number of hydrogen-bond acceptors (Lipinski definition) is 6. The number of hydrogen-bond donors (Lipinski definition) is 2. The fraction of sp³-hybridized carbons (Fsp3) is 0.174. The van der Waals surface area contributed by atoms with E-state index in [0.717, 1.165) is 27.1 Å². The molecule has 1 aliphatic carbocycles. The maximum atomic E-state index is 13.4. The van der Waals surface area contributed by atoms with E-state index < -0.39 is 4.92 Å². The SMILES string of the molecule is O=[N+]([O-])c1ccc2c(c1)/C(=[N+](/[O-])c1ccc(N(CCO)CCO)cc1)c1ccccc1-2. The molecule has 1 aliphatic rings. The minimum absolute atomic E-state index is 0.0558. The first kappa shape index (κ1) is 20.5. The molecule has 3 aromatic rings. The summed E-state index contributed by atoms with van der Waals surface area (Å²) in [5, 5.41) is 43.1. The summed E-state index contributed by atoms with van der Waals surface area (Å²) in [6, 6.07) is 18.8. The van der Waals surface area contributed by atoms with Gasteiger partial charge in [-0.2, -0.15) is 4.74 Å². The lowest BCUT2D eigenvalue weighted by Crippen LogP contribution is -2.29. The highest BCUT2D eigenvalue weighted by Crippen LogP contribution is 2.39. The van der Waals surface area contributed by atoms with Crippen molar-refractivity contribution in [3.05, 3.63) is 93.2 Å². The van der Waals surface area contributed by atoms with E-state index in [4.69, 9.17) is 0 Å². The van der Waals surface area contributed by atoms with Gasteiger partial charge in [-0.25, -0.2) is 0 Å². The van der Waals surface area contributed by atoms with E-state index in [9.17, 15) is 25.5 Å². The molecule has 0 amide bonds. The van der Waals surface area contributed by atoms with Crippen molar-refractivity contribution in [1.82, 2.24) is 0 Å². The zero-order valence-electron chi connectivity index (χ0n) is 16.6. The molecule has 0 aliphatic heterocycles. The fourth-order valence-electron chi connectivity index (χ4n) is 3.90. The van der Waals surface area contributed by atoms with Crippen LogP contribution >= 0.6 is 0 Å². The van der Waals surface area contributed by atoms with Crippen LogP contribution in [0, 0.1) is 15.3 Å². The van der Waals surface area contributed by atoms with Crippen LogP contribution in [0.1, 0.15) is 11.1 Å². The van der Waals surface area contributed by atoms with Crippen molar-refractivity contribution in [2.24, 2.45) is 0 Å². The van der Waals surface area contributed by atoms with E-state index >= 15 is 0 Å². The van der Waals surface area contributed by atoms with E-state index in [1.54, 1.807) is 30.3 Å². The lowest BCUT2D eigenvalue weighted by atomic mass is 10.1. The Hall–Kier alpha value is -3.75. The Morgan fingerprint density at radius 1 is 0.742 bits per heavy atom. The van der Waals surface area contributed by atoms with Crippen molar-refractivity contribution in [3.63, 3.8) is 0 Å². The average molecular weight is 419 g/mol. The van der Waals surface area contributed by atoms with Gasteiger partial charge in [-0.1, -0.05) is 18.2 Å². The summed E-state index contributed by atoms with van der Waals surface area (Å²) in [4.78, 5) is 12.6. The maximum absolute atomic E-state index is 13.4. The van der Waals surface area contributed by atoms with Gasteiger partial charge in [-0.15, -0.1) is 0 Å². The molecule has 8 nitrogen and oxygen atoms in total. The number of aliphatic hydroxyl groups excluding tert-OH is 2. The summed E-state index contributed by atoms with van der Waals surface area (Å²) in [7, 11) is 0. The Balaban J connectivity index is 1.81. The number of benzene rings is 3. The second kappa shape index (κ2) is 8.55. The minimum atomic E-state index is -0.471. The van der Waals surface area contributed by atoms with Crippen LogP contribution in [-0.4, -0.2) is 51.9 Å². The van der Waals surface area contributed by atoms with Gasteiger partial charge in [0.25, 0.3) is 5.69 Å². The molecule has 3 aromatic carbocycles. The Morgan fingerprint density at radius 3 is 1.94 bits per heavy atom. The average Bonchev–Trinajstić information content (AvgIpc) is 3.12. The molecule has 0 unspecified atom stereocenters. The molecule has 0 radical (unpaired) electrons. The number of aliphatic hydroxyl groups is 2. The van der Waals surface area contributed by atoms with Crippen LogP contribution in [0.25, 0.3) is 11.1 Å². The van der Waals surface area contributed by atoms with Gasteiger partial charge >= 0.3 is 0 Å². The highest BCUT2D eigenvalue weighted by Gasteiger charge is 2.32. The molecule has 2 N–H and O–H groups in total. The monoisotopic (exact) mass is 419 g/mol. The number of anilines is 1. The summed E-state index contributed by atoms with van der Waals surface area (Å²) in [6.45, 7) is 0.616. The second-order valence-electron chi connectivity index (χ2n) is 7.13. The van der Waals surface area contributed by atoms with Gasteiger partial charge in [0.2, 0.25) is 11.4 Å². The summed E-state index contributed by atoms with van der Waals surface area (Å²) >= 11 is 0. The van der Waals surface area contributed by atoms with E-state index in [1.807, 2.05) is 29.2 Å². The number of fused-ring (bicyclic) bond motifs is 3. The van der Waals surface area contributed by atoms with Gasteiger partial charge in [0.1, 0.15) is 0 Å². The number of rotatable bonds is 7. The van der Waals surface area contributed by atoms with Crippen LogP contribution in [-0.2, 0) is 0 Å². The quantitative estimate of drug-likeness (QED) is 0.206. The molecule has 0 saturated carbocycles. The van der Waals surface area contributed by atoms with E-state index in [2.05, 4.69) is 0 Å². The number of nitro groups is 1. The number of nitro benzene ring substituents is 1. The third-order valence-electron chi connectivity index (χ3n) is 5.33. The topological polar surface area (TPSA) is 113 Å². The maximum Gasteiger partial charge on any atom is 0.270 e. The van der Waals surface area contributed by atoms with Crippen molar-refractivity contribution >= 4 is 22.8 Å². The molecule has 0 heterocycles. The smallest absolute Gasteiger partial charge is 0.270 e. The van der Waals surface area contributed by atoms with E-state index in [-0.39, 0.29) is 18.9 Å². The number of nitrogens with zero attached hydrogens (tertiary/aromatic N) is 3. The Kier molecular flexibility index (Phi) is 5.66. The molecular formula is C23H21N3O5. The van der Waals surface area contributed by atoms with Crippen molar-refractivity contribution in [3.8, 4) is 11.1 Å². The van der Waals surface area contributed by atoms with E-state index in [1.165, 1.54) is 12.1 Å². The van der Waals surface area contributed by atoms with E-state index in [0.29, 0.717) is 30.1 Å². The van der Waals surface area contributed by atoms with Crippen LogP contribution in [0.15, 0.2) is 66.7 Å². The summed E-state index contributed by atoms with van der Waals surface area (Å²) in [5.41, 5.74) is 4.33. The van der Waals surface area contributed by atoms with Crippen LogP contribution in [0.3, 0.4) is 0 Å². The Morgan fingerprint density at radius 2 is 1.32 bits per heavy atom. The summed E-state index contributed by atoms with van der Waals surface area (Å²) in [6.07, 6.45) is 0. The highest BCUT2D eigenvalue weighted by molar-refractivity contribution is 6.22. The lowest BCUT2D eigenvalue weighted by molar-refractivity contribution is -0.385. The zero-order chi connectivity index (χ0) is 22.0. The fourth-order valence-corrected chi connectivity index (χ4v) is 3.90.